The van der Waals surface area contributed by atoms with Gasteiger partial charge in [0.2, 0.25) is 0 Å². The highest BCUT2D eigenvalue weighted by Gasteiger charge is 2.39. The molecule has 3 aromatic heterocycles. The van der Waals surface area contributed by atoms with E-state index in [0.717, 1.165) is 14.8 Å². The number of aryl methyl sites for hydroxylation is 1. The van der Waals surface area contributed by atoms with E-state index in [4.69, 9.17) is 11.6 Å². The average Bonchev–Trinajstić information content (AvgIpc) is 3.54. The average molecular weight is 599 g/mol. The molecular weight excluding hydrogens is 577 g/mol. The van der Waals surface area contributed by atoms with E-state index in [1.807, 2.05) is 13.0 Å². The van der Waals surface area contributed by atoms with Gasteiger partial charge in [-0.05, 0) is 55.5 Å². The molecule has 2 aromatic carbocycles. The standard InChI is InChI=1S/C27H22ClF3N8O3/c1-16-4-2-5-18(12-16)25(41)34-23-20(6-3-11-32-23)39-15-33-22(35-39)14-38-26(42)37(13-21(40)27(29,30)31)24(36-38)17-7-9-19(28)10-8-17/h2-12,15,21,40H,13-14H2,1H3,(H,32,34,41)/t21-/m0/s1. The van der Waals surface area contributed by atoms with Crippen molar-refractivity contribution < 1.29 is 23.1 Å². The first-order valence-electron chi connectivity index (χ1n) is 12.4. The molecule has 0 aliphatic carbocycles. The summed E-state index contributed by atoms with van der Waals surface area (Å²) in [4.78, 5) is 34.4. The molecule has 15 heteroatoms. The third-order valence-corrected chi connectivity index (χ3v) is 6.39. The molecule has 0 aliphatic heterocycles. The van der Waals surface area contributed by atoms with E-state index >= 15 is 0 Å². The first kappa shape index (κ1) is 28.7. The SMILES string of the molecule is Cc1cccc(C(=O)Nc2ncccc2-n2cnc(Cn3nc(-c4ccc(Cl)cc4)n(C[C@H](O)C(F)(F)F)c3=O)n2)c1. The zero-order valence-corrected chi connectivity index (χ0v) is 22.6. The Bertz CT molecular complexity index is 1800. The van der Waals surface area contributed by atoms with Gasteiger partial charge in [0.1, 0.15) is 18.6 Å². The Hall–Kier alpha value is -4.82. The van der Waals surface area contributed by atoms with Gasteiger partial charge in [0, 0.05) is 22.3 Å². The predicted molar refractivity (Wildman–Crippen MR) is 146 cm³/mol. The number of alkyl halides is 3. The van der Waals surface area contributed by atoms with E-state index in [0.29, 0.717) is 21.8 Å². The minimum atomic E-state index is -4.95. The van der Waals surface area contributed by atoms with Crippen LogP contribution < -0.4 is 11.0 Å². The molecule has 2 N–H and O–H groups in total. The van der Waals surface area contributed by atoms with Gasteiger partial charge >= 0.3 is 11.9 Å². The quantitative estimate of drug-likeness (QED) is 0.277. The number of hydrogen-bond donors (Lipinski definition) is 2. The number of nitrogens with one attached hydrogen (secondary N) is 1. The summed E-state index contributed by atoms with van der Waals surface area (Å²) < 4.78 is 42.4. The number of carbonyl (C=O) groups excluding carboxylic acids is 1. The summed E-state index contributed by atoms with van der Waals surface area (Å²) in [7, 11) is 0. The molecule has 0 saturated carbocycles. The summed E-state index contributed by atoms with van der Waals surface area (Å²) in [5.41, 5.74) is 1.13. The van der Waals surface area contributed by atoms with Crippen LogP contribution in [0.2, 0.25) is 5.02 Å². The molecule has 11 nitrogen and oxygen atoms in total. The molecule has 42 heavy (non-hydrogen) atoms. The molecule has 3 heterocycles. The molecule has 0 spiro atoms. The molecule has 1 amide bonds. The number of benzene rings is 2. The fraction of sp³-hybridized carbons (Fsp3) is 0.185. The van der Waals surface area contributed by atoms with E-state index in [1.54, 1.807) is 30.3 Å². The molecule has 0 aliphatic rings. The zero-order chi connectivity index (χ0) is 30.0. The summed E-state index contributed by atoms with van der Waals surface area (Å²) in [5.74, 6) is -0.187. The Morgan fingerprint density at radius 2 is 1.83 bits per heavy atom. The summed E-state index contributed by atoms with van der Waals surface area (Å²) in [6.07, 6.45) is -4.91. The number of pyridine rings is 1. The lowest BCUT2D eigenvalue weighted by molar-refractivity contribution is -0.207. The maximum absolute atomic E-state index is 13.1. The largest absolute Gasteiger partial charge is 0.416 e. The van der Waals surface area contributed by atoms with Gasteiger partial charge < -0.3 is 10.4 Å². The van der Waals surface area contributed by atoms with Crippen LogP contribution in [0.5, 0.6) is 0 Å². The first-order chi connectivity index (χ1) is 20.0. The van der Waals surface area contributed by atoms with Crippen molar-refractivity contribution in [3.63, 3.8) is 0 Å². The summed E-state index contributed by atoms with van der Waals surface area (Å²) in [5, 5.41) is 21.4. The second-order valence-corrected chi connectivity index (χ2v) is 9.68. The number of aliphatic hydroxyl groups excluding tert-OH is 1. The van der Waals surface area contributed by atoms with Crippen molar-refractivity contribution in [2.24, 2.45) is 0 Å². The monoisotopic (exact) mass is 598 g/mol. The Morgan fingerprint density at radius 3 is 2.55 bits per heavy atom. The van der Waals surface area contributed by atoms with Crippen molar-refractivity contribution in [2.75, 3.05) is 5.32 Å². The van der Waals surface area contributed by atoms with Crippen molar-refractivity contribution in [2.45, 2.75) is 32.3 Å². The topological polar surface area (TPSA) is 133 Å². The normalized spacial score (nSPS) is 12.3. The lowest BCUT2D eigenvalue weighted by Crippen LogP contribution is -2.37. The first-order valence-corrected chi connectivity index (χ1v) is 12.8. The van der Waals surface area contributed by atoms with Crippen LogP contribution in [0.4, 0.5) is 19.0 Å². The van der Waals surface area contributed by atoms with Crippen LogP contribution >= 0.6 is 11.6 Å². The number of carbonyl (C=O) groups is 1. The van der Waals surface area contributed by atoms with Gasteiger partial charge in [-0.3, -0.25) is 9.36 Å². The second-order valence-electron chi connectivity index (χ2n) is 9.24. The van der Waals surface area contributed by atoms with E-state index in [2.05, 4.69) is 25.5 Å². The van der Waals surface area contributed by atoms with Crippen LogP contribution in [-0.2, 0) is 13.1 Å². The van der Waals surface area contributed by atoms with Gasteiger partial charge in [-0.15, -0.1) is 10.2 Å². The van der Waals surface area contributed by atoms with Crippen molar-refractivity contribution >= 4 is 23.3 Å². The molecular formula is C27H22ClF3N8O3. The fourth-order valence-corrected chi connectivity index (χ4v) is 4.19. The van der Waals surface area contributed by atoms with Gasteiger partial charge in [0.05, 0.1) is 6.54 Å². The lowest BCUT2D eigenvalue weighted by atomic mass is 10.1. The van der Waals surface area contributed by atoms with Crippen molar-refractivity contribution in [1.82, 2.24) is 34.1 Å². The third kappa shape index (κ3) is 6.24. The van der Waals surface area contributed by atoms with Crippen LogP contribution in [0.15, 0.2) is 78.0 Å². The molecule has 5 rings (SSSR count). The minimum absolute atomic E-state index is 0.0978. The number of nitrogens with zero attached hydrogens (tertiary/aromatic N) is 7. The smallest absolute Gasteiger partial charge is 0.382 e. The molecule has 1 atom stereocenters. The number of anilines is 1. The van der Waals surface area contributed by atoms with Crippen LogP contribution in [0.1, 0.15) is 21.7 Å². The zero-order valence-electron chi connectivity index (χ0n) is 21.8. The van der Waals surface area contributed by atoms with Crippen LogP contribution in [0, 0.1) is 6.92 Å². The van der Waals surface area contributed by atoms with Crippen LogP contribution in [0.3, 0.4) is 0 Å². The highest BCUT2D eigenvalue weighted by Crippen LogP contribution is 2.24. The molecule has 0 fully saturated rings. The van der Waals surface area contributed by atoms with Crippen molar-refractivity contribution in [1.29, 1.82) is 0 Å². The number of amides is 1. The molecule has 0 bridgehead atoms. The maximum Gasteiger partial charge on any atom is 0.416 e. The minimum Gasteiger partial charge on any atom is -0.382 e. The van der Waals surface area contributed by atoms with Gasteiger partial charge in [0.25, 0.3) is 5.91 Å². The number of aromatic nitrogens is 7. The summed E-state index contributed by atoms with van der Waals surface area (Å²) >= 11 is 5.93. The fourth-order valence-electron chi connectivity index (χ4n) is 4.06. The Kier molecular flexibility index (Phi) is 7.91. The number of hydrogen-bond acceptors (Lipinski definition) is 7. The predicted octanol–water partition coefficient (Wildman–Crippen LogP) is 3.87. The second kappa shape index (κ2) is 11.6. The lowest BCUT2D eigenvalue weighted by Gasteiger charge is -2.15. The van der Waals surface area contributed by atoms with Gasteiger partial charge in [-0.2, -0.15) is 13.2 Å². The van der Waals surface area contributed by atoms with Crippen molar-refractivity contribution in [3.8, 4) is 17.1 Å². The Labute approximate surface area is 240 Å². The van der Waals surface area contributed by atoms with E-state index in [-0.39, 0.29) is 29.9 Å². The molecule has 0 radical (unpaired) electrons. The van der Waals surface area contributed by atoms with E-state index in [1.165, 1.54) is 41.5 Å². The van der Waals surface area contributed by atoms with E-state index < -0.39 is 24.5 Å². The molecule has 0 unspecified atom stereocenters. The summed E-state index contributed by atoms with van der Waals surface area (Å²) in [6, 6.07) is 16.3. The Balaban J connectivity index is 1.43. The highest BCUT2D eigenvalue weighted by atomic mass is 35.5. The van der Waals surface area contributed by atoms with Gasteiger partial charge in [0.15, 0.2) is 23.6 Å². The number of rotatable bonds is 8. The third-order valence-electron chi connectivity index (χ3n) is 6.13. The highest BCUT2D eigenvalue weighted by molar-refractivity contribution is 6.30. The maximum atomic E-state index is 13.1. The van der Waals surface area contributed by atoms with Crippen LogP contribution in [-0.4, -0.2) is 57.4 Å². The summed E-state index contributed by atoms with van der Waals surface area (Å²) in [6.45, 7) is 0.500. The van der Waals surface area contributed by atoms with Crippen molar-refractivity contribution in [3.05, 3.63) is 106 Å². The molecule has 216 valence electrons. The van der Waals surface area contributed by atoms with Gasteiger partial charge in [-0.25, -0.2) is 24.1 Å². The number of halogens is 4. The Morgan fingerprint density at radius 1 is 1.07 bits per heavy atom. The molecule has 0 saturated heterocycles. The van der Waals surface area contributed by atoms with Crippen LogP contribution in [0.25, 0.3) is 17.1 Å². The number of aliphatic hydroxyl groups is 1. The van der Waals surface area contributed by atoms with Gasteiger partial charge in [-0.1, -0.05) is 29.3 Å². The molecule has 5 aromatic rings. The van der Waals surface area contributed by atoms with E-state index in [9.17, 15) is 27.9 Å².